The fourth-order valence-corrected chi connectivity index (χ4v) is 4.26. The highest BCUT2D eigenvalue weighted by molar-refractivity contribution is 5.91. The van der Waals surface area contributed by atoms with E-state index in [9.17, 15) is 9.90 Å². The fourth-order valence-electron chi connectivity index (χ4n) is 4.26. The minimum atomic E-state index is -1.41. The number of hydrogen-bond acceptors (Lipinski definition) is 5. The summed E-state index contributed by atoms with van der Waals surface area (Å²) < 4.78 is 24.4. The van der Waals surface area contributed by atoms with Crippen molar-refractivity contribution in [3.05, 3.63) is 96.6 Å². The molecule has 0 unspecified atom stereocenters. The highest BCUT2D eigenvalue weighted by Crippen LogP contribution is 2.40. The summed E-state index contributed by atoms with van der Waals surface area (Å²) in [7, 11) is 1.61. The van der Waals surface area contributed by atoms with Crippen LogP contribution in [0.2, 0.25) is 0 Å². The molecule has 0 spiro atoms. The Bertz CT molecular complexity index is 1500. The van der Waals surface area contributed by atoms with Crippen LogP contribution >= 0.6 is 0 Å². The van der Waals surface area contributed by atoms with Crippen LogP contribution in [-0.4, -0.2) is 36.2 Å². The summed E-state index contributed by atoms with van der Waals surface area (Å²) in [5.41, 5.74) is 1.76. The summed E-state index contributed by atoms with van der Waals surface area (Å²) >= 11 is 0. The Morgan fingerprint density at radius 1 is 0.806 bits per heavy atom. The zero-order valence-corrected chi connectivity index (χ0v) is 19.7. The van der Waals surface area contributed by atoms with E-state index in [1.807, 2.05) is 91.0 Å². The first-order valence-corrected chi connectivity index (χ1v) is 11.5. The van der Waals surface area contributed by atoms with E-state index in [0.717, 1.165) is 38.7 Å². The largest absolute Gasteiger partial charge is 0.512 e. The second kappa shape index (κ2) is 10.3. The number of methoxy groups -OCH3 is 1. The molecule has 0 bridgehead atoms. The number of para-hydroxylation sites is 1. The first kappa shape index (κ1) is 23.1. The maximum absolute atomic E-state index is 11.6. The van der Waals surface area contributed by atoms with Crippen molar-refractivity contribution >= 4 is 27.8 Å². The van der Waals surface area contributed by atoms with E-state index in [-0.39, 0.29) is 19.1 Å². The van der Waals surface area contributed by atoms with Crippen LogP contribution in [0.1, 0.15) is 5.56 Å². The highest BCUT2D eigenvalue weighted by atomic mass is 16.7. The van der Waals surface area contributed by atoms with E-state index in [4.69, 9.17) is 18.9 Å². The summed E-state index contributed by atoms with van der Waals surface area (Å²) in [6.45, 7) is 0.872. The predicted octanol–water partition coefficient (Wildman–Crippen LogP) is 6.37. The standard InChI is InChI=1S/C29H25NO6/c1-33-22-15-13-20(14-16-22)19-30-25-11-5-4-10-24(25)27(28(30)36-29(31)32)35-18-17-34-26-12-6-8-21-7-2-3-9-23(21)26/h2-16H,17-19H2,1H3,(H,31,32). The normalized spacial score (nSPS) is 10.9. The molecule has 1 N–H and O–H groups in total. The summed E-state index contributed by atoms with van der Waals surface area (Å²) in [6.07, 6.45) is -1.41. The van der Waals surface area contributed by atoms with Crippen molar-refractivity contribution in [2.24, 2.45) is 0 Å². The van der Waals surface area contributed by atoms with Crippen LogP contribution in [0.15, 0.2) is 91.0 Å². The molecule has 1 aromatic heterocycles. The molecular formula is C29H25NO6. The van der Waals surface area contributed by atoms with Gasteiger partial charge in [0.2, 0.25) is 0 Å². The van der Waals surface area contributed by atoms with Crippen molar-refractivity contribution in [3.63, 3.8) is 0 Å². The molecule has 1 heterocycles. The predicted molar refractivity (Wildman–Crippen MR) is 138 cm³/mol. The van der Waals surface area contributed by atoms with E-state index in [1.54, 1.807) is 11.7 Å². The number of hydrogen-bond donors (Lipinski definition) is 1. The minimum Gasteiger partial charge on any atom is -0.497 e. The molecule has 0 aliphatic heterocycles. The molecule has 0 atom stereocenters. The van der Waals surface area contributed by atoms with Crippen molar-refractivity contribution < 1.29 is 28.8 Å². The Morgan fingerprint density at radius 3 is 2.28 bits per heavy atom. The van der Waals surface area contributed by atoms with Gasteiger partial charge in [-0.25, -0.2) is 4.79 Å². The quantitative estimate of drug-likeness (QED) is 0.194. The summed E-state index contributed by atoms with van der Waals surface area (Å²) in [4.78, 5) is 11.6. The second-order valence-corrected chi connectivity index (χ2v) is 8.13. The number of ether oxygens (including phenoxy) is 4. The lowest BCUT2D eigenvalue weighted by atomic mass is 10.1. The van der Waals surface area contributed by atoms with Gasteiger partial charge in [-0.15, -0.1) is 0 Å². The van der Waals surface area contributed by atoms with E-state index in [1.165, 1.54) is 0 Å². The Kier molecular flexibility index (Phi) is 6.62. The number of carboxylic acid groups (broad SMARTS) is 1. The zero-order chi connectivity index (χ0) is 24.9. The molecule has 0 saturated heterocycles. The lowest BCUT2D eigenvalue weighted by molar-refractivity contribution is 0.137. The number of fused-ring (bicyclic) bond motifs is 2. The van der Waals surface area contributed by atoms with Gasteiger partial charge in [0.25, 0.3) is 5.88 Å². The fraction of sp³-hybridized carbons (Fsp3) is 0.138. The summed E-state index contributed by atoms with van der Waals surface area (Å²) in [5.74, 6) is 2.00. The molecule has 0 saturated carbocycles. The third kappa shape index (κ3) is 4.77. The van der Waals surface area contributed by atoms with Crippen molar-refractivity contribution in [1.82, 2.24) is 4.57 Å². The molecule has 5 aromatic rings. The SMILES string of the molecule is COc1ccc(Cn2c(OC(=O)O)c(OCCOc3cccc4ccccc34)c3ccccc32)cc1. The van der Waals surface area contributed by atoms with Gasteiger partial charge in [-0.05, 0) is 41.3 Å². The molecule has 182 valence electrons. The number of carbonyl (C=O) groups is 1. The van der Waals surface area contributed by atoms with Gasteiger partial charge >= 0.3 is 6.16 Å². The van der Waals surface area contributed by atoms with Gasteiger partial charge < -0.3 is 28.6 Å². The van der Waals surface area contributed by atoms with Crippen LogP contribution in [0, 0.1) is 0 Å². The molecule has 7 heteroatoms. The molecule has 0 aliphatic rings. The minimum absolute atomic E-state index is 0.129. The van der Waals surface area contributed by atoms with Crippen molar-refractivity contribution in [1.29, 1.82) is 0 Å². The van der Waals surface area contributed by atoms with Crippen molar-refractivity contribution in [3.8, 4) is 23.1 Å². The van der Waals surface area contributed by atoms with Gasteiger partial charge in [0.05, 0.1) is 19.2 Å². The molecule has 5 rings (SSSR count). The molecule has 0 fully saturated rings. The third-order valence-electron chi connectivity index (χ3n) is 5.90. The Hall–Kier alpha value is -4.65. The van der Waals surface area contributed by atoms with Crippen LogP contribution in [0.25, 0.3) is 21.7 Å². The van der Waals surface area contributed by atoms with Gasteiger partial charge in [0.1, 0.15) is 24.7 Å². The molecule has 7 nitrogen and oxygen atoms in total. The maximum Gasteiger partial charge on any atom is 0.512 e. The molecule has 0 radical (unpaired) electrons. The number of nitrogens with zero attached hydrogens (tertiary/aromatic N) is 1. The first-order valence-electron chi connectivity index (χ1n) is 11.5. The molecule has 0 aliphatic carbocycles. The number of benzene rings is 4. The van der Waals surface area contributed by atoms with Gasteiger partial charge in [-0.2, -0.15) is 0 Å². The van der Waals surface area contributed by atoms with Crippen LogP contribution in [0.3, 0.4) is 0 Å². The van der Waals surface area contributed by atoms with Crippen LogP contribution < -0.4 is 18.9 Å². The van der Waals surface area contributed by atoms with Crippen LogP contribution in [0.5, 0.6) is 23.1 Å². The average molecular weight is 484 g/mol. The van der Waals surface area contributed by atoms with E-state index < -0.39 is 6.16 Å². The third-order valence-corrected chi connectivity index (χ3v) is 5.90. The van der Waals surface area contributed by atoms with Crippen LogP contribution in [-0.2, 0) is 6.54 Å². The van der Waals surface area contributed by atoms with Crippen LogP contribution in [0.4, 0.5) is 4.79 Å². The topological polar surface area (TPSA) is 79.2 Å². The van der Waals surface area contributed by atoms with E-state index in [2.05, 4.69) is 0 Å². The summed E-state index contributed by atoms with van der Waals surface area (Å²) in [6, 6.07) is 29.0. The molecule has 4 aromatic carbocycles. The highest BCUT2D eigenvalue weighted by Gasteiger charge is 2.22. The Morgan fingerprint density at radius 2 is 1.50 bits per heavy atom. The molecular weight excluding hydrogens is 458 g/mol. The maximum atomic E-state index is 11.6. The van der Waals surface area contributed by atoms with Crippen molar-refractivity contribution in [2.45, 2.75) is 6.54 Å². The lowest BCUT2D eigenvalue weighted by Gasteiger charge is -2.13. The Balaban J connectivity index is 1.41. The Labute approximate surface area is 208 Å². The molecule has 0 amide bonds. The van der Waals surface area contributed by atoms with Gasteiger partial charge in [0.15, 0.2) is 5.75 Å². The van der Waals surface area contributed by atoms with E-state index >= 15 is 0 Å². The molecule has 36 heavy (non-hydrogen) atoms. The van der Waals surface area contributed by atoms with Gasteiger partial charge in [-0.1, -0.05) is 60.7 Å². The average Bonchev–Trinajstić information content (AvgIpc) is 3.18. The van der Waals surface area contributed by atoms with Crippen molar-refractivity contribution in [2.75, 3.05) is 20.3 Å². The first-order chi connectivity index (χ1) is 17.6. The lowest BCUT2D eigenvalue weighted by Crippen LogP contribution is -2.12. The monoisotopic (exact) mass is 483 g/mol. The number of aromatic nitrogens is 1. The number of rotatable bonds is 9. The van der Waals surface area contributed by atoms with E-state index in [0.29, 0.717) is 12.3 Å². The smallest absolute Gasteiger partial charge is 0.497 e. The van der Waals surface area contributed by atoms with Gasteiger partial charge in [0, 0.05) is 10.8 Å². The second-order valence-electron chi connectivity index (χ2n) is 8.13. The van der Waals surface area contributed by atoms with Gasteiger partial charge in [-0.3, -0.25) is 0 Å². The summed E-state index contributed by atoms with van der Waals surface area (Å²) in [5, 5.41) is 12.3. The zero-order valence-electron chi connectivity index (χ0n) is 19.7.